The largest absolute Gasteiger partial charge is 0.270 e. The molecule has 1 aliphatic heterocycles. The average molecular weight is 190 g/mol. The third kappa shape index (κ3) is 1.10. The number of pyridine rings is 1. The number of aromatic nitrogens is 1. The van der Waals surface area contributed by atoms with Gasteiger partial charge in [-0.05, 0) is 25.5 Å². The maximum absolute atomic E-state index is 4.70. The Morgan fingerprint density at radius 1 is 1.62 bits per heavy atom. The molecule has 0 N–H and O–H groups in total. The van der Waals surface area contributed by atoms with Gasteiger partial charge in [0.2, 0.25) is 0 Å². The first-order valence-electron chi connectivity index (χ1n) is 4.45. The van der Waals surface area contributed by atoms with Crippen molar-refractivity contribution in [1.29, 1.82) is 0 Å². The van der Waals surface area contributed by atoms with Crippen LogP contribution in [0.5, 0.6) is 0 Å². The fourth-order valence-corrected chi connectivity index (χ4v) is 3.13. The van der Waals surface area contributed by atoms with Gasteiger partial charge < -0.3 is 0 Å². The van der Waals surface area contributed by atoms with Gasteiger partial charge in [0.05, 0.1) is 5.54 Å². The molecule has 2 heterocycles. The normalized spacial score (nSPS) is 35.5. The molecule has 0 aromatic carbocycles. The molecule has 2 aliphatic rings. The summed E-state index contributed by atoms with van der Waals surface area (Å²) in [5, 5.41) is 1.91. The Bertz CT molecular complexity index is 374. The monoisotopic (exact) mass is 190 g/mol. The fourth-order valence-electron chi connectivity index (χ4n) is 1.62. The first kappa shape index (κ1) is 7.56. The van der Waals surface area contributed by atoms with Gasteiger partial charge in [-0.15, -0.1) is 11.8 Å². The second-order valence-corrected chi connectivity index (χ2v) is 5.02. The van der Waals surface area contributed by atoms with Crippen molar-refractivity contribution < 1.29 is 0 Å². The van der Waals surface area contributed by atoms with Crippen LogP contribution in [0.15, 0.2) is 29.5 Å². The highest BCUT2D eigenvalue weighted by molar-refractivity contribution is 8.15. The Balaban J connectivity index is 1.97. The van der Waals surface area contributed by atoms with Crippen LogP contribution < -0.4 is 0 Å². The zero-order chi connectivity index (χ0) is 8.89. The smallest absolute Gasteiger partial charge is 0.100 e. The Kier molecular flexibility index (Phi) is 1.37. The van der Waals surface area contributed by atoms with Crippen molar-refractivity contribution in [2.24, 2.45) is 4.99 Å². The molecule has 0 amide bonds. The maximum Gasteiger partial charge on any atom is 0.100 e. The van der Waals surface area contributed by atoms with Crippen LogP contribution in [0, 0.1) is 0 Å². The van der Waals surface area contributed by atoms with Crippen LogP contribution in [-0.4, -0.2) is 20.8 Å². The van der Waals surface area contributed by atoms with Gasteiger partial charge in [0.1, 0.15) is 5.04 Å². The summed E-state index contributed by atoms with van der Waals surface area (Å²) in [5.41, 5.74) is 1.43. The van der Waals surface area contributed by atoms with Gasteiger partial charge in [-0.2, -0.15) is 0 Å². The van der Waals surface area contributed by atoms with Crippen molar-refractivity contribution in [3.8, 4) is 0 Å². The van der Waals surface area contributed by atoms with Crippen molar-refractivity contribution in [1.82, 2.24) is 4.98 Å². The van der Waals surface area contributed by atoms with E-state index < -0.39 is 0 Å². The number of fused-ring (bicyclic) bond motifs is 1. The van der Waals surface area contributed by atoms with Gasteiger partial charge in [0.25, 0.3) is 0 Å². The SMILES string of the molecule is C[C@]12CC1SC(c1cccnc1)=N2. The number of hydrogen-bond donors (Lipinski definition) is 0. The molecule has 3 rings (SSSR count). The second-order valence-electron chi connectivity index (χ2n) is 3.83. The van der Waals surface area contributed by atoms with Crippen LogP contribution in [0.3, 0.4) is 0 Å². The lowest BCUT2D eigenvalue weighted by Gasteiger charge is -2.00. The summed E-state index contributed by atoms with van der Waals surface area (Å²) in [5.74, 6) is 0. The summed E-state index contributed by atoms with van der Waals surface area (Å²) in [6.45, 7) is 2.23. The van der Waals surface area contributed by atoms with Crippen molar-refractivity contribution in [3.63, 3.8) is 0 Å². The molecular formula is C10H10N2S. The molecule has 2 atom stereocenters. The molecule has 1 saturated carbocycles. The molecule has 1 unspecified atom stereocenters. The third-order valence-electron chi connectivity index (χ3n) is 2.65. The van der Waals surface area contributed by atoms with Gasteiger partial charge in [-0.25, -0.2) is 0 Å². The highest BCUT2D eigenvalue weighted by atomic mass is 32.2. The third-order valence-corrected chi connectivity index (χ3v) is 4.16. The lowest BCUT2D eigenvalue weighted by molar-refractivity contribution is 0.779. The molecule has 0 saturated heterocycles. The molecule has 0 bridgehead atoms. The predicted molar refractivity (Wildman–Crippen MR) is 55.2 cm³/mol. The van der Waals surface area contributed by atoms with Gasteiger partial charge in [0.15, 0.2) is 0 Å². The molecule has 2 nitrogen and oxygen atoms in total. The topological polar surface area (TPSA) is 25.2 Å². The number of nitrogens with zero attached hydrogens (tertiary/aromatic N) is 2. The summed E-state index contributed by atoms with van der Waals surface area (Å²) in [6.07, 6.45) is 4.94. The summed E-state index contributed by atoms with van der Waals surface area (Å²) in [6, 6.07) is 4.04. The van der Waals surface area contributed by atoms with Crippen molar-refractivity contribution in [2.75, 3.05) is 0 Å². The molecular weight excluding hydrogens is 180 g/mol. The van der Waals surface area contributed by atoms with Crippen molar-refractivity contribution >= 4 is 16.8 Å². The van der Waals surface area contributed by atoms with Crippen LogP contribution in [-0.2, 0) is 0 Å². The van der Waals surface area contributed by atoms with E-state index in [9.17, 15) is 0 Å². The first-order valence-corrected chi connectivity index (χ1v) is 5.33. The fraction of sp³-hybridized carbons (Fsp3) is 0.400. The van der Waals surface area contributed by atoms with E-state index in [0.29, 0.717) is 0 Å². The molecule has 1 aromatic rings. The van der Waals surface area contributed by atoms with E-state index in [4.69, 9.17) is 4.99 Å². The van der Waals surface area contributed by atoms with Crippen LogP contribution >= 0.6 is 11.8 Å². The standard InChI is InChI=1S/C10H10N2S/c1-10-5-8(10)13-9(12-10)7-3-2-4-11-6-7/h2-4,6,8H,5H2,1H3/t8?,10-/m0/s1. The average Bonchev–Trinajstić information content (AvgIpc) is 2.67. The summed E-state index contributed by atoms with van der Waals surface area (Å²) >= 11 is 1.90. The van der Waals surface area contributed by atoms with E-state index in [1.54, 1.807) is 6.20 Å². The molecule has 1 fully saturated rings. The van der Waals surface area contributed by atoms with Crippen molar-refractivity contribution in [2.45, 2.75) is 24.1 Å². The minimum absolute atomic E-state index is 0.260. The molecule has 1 aromatic heterocycles. The number of aliphatic imine (C=N–C) groups is 1. The van der Waals surface area contributed by atoms with E-state index in [-0.39, 0.29) is 5.54 Å². The molecule has 0 spiro atoms. The zero-order valence-corrected chi connectivity index (χ0v) is 8.21. The Hall–Kier alpha value is -0.830. The number of rotatable bonds is 1. The van der Waals surface area contributed by atoms with Crippen molar-refractivity contribution in [3.05, 3.63) is 30.1 Å². The first-order chi connectivity index (χ1) is 6.28. The summed E-state index contributed by atoms with van der Waals surface area (Å²) in [4.78, 5) is 8.80. The molecule has 0 radical (unpaired) electrons. The second kappa shape index (κ2) is 2.35. The van der Waals surface area contributed by atoms with Crippen LogP contribution in [0.4, 0.5) is 0 Å². The Labute approximate surface area is 81.5 Å². The molecule has 3 heteroatoms. The highest BCUT2D eigenvalue weighted by Gasteiger charge is 2.55. The van der Waals surface area contributed by atoms with Gasteiger partial charge in [-0.3, -0.25) is 9.98 Å². The quantitative estimate of drug-likeness (QED) is 0.677. The van der Waals surface area contributed by atoms with E-state index in [2.05, 4.69) is 18.0 Å². The minimum Gasteiger partial charge on any atom is -0.270 e. The minimum atomic E-state index is 0.260. The Morgan fingerprint density at radius 3 is 3.15 bits per heavy atom. The van der Waals surface area contributed by atoms with E-state index in [0.717, 1.165) is 5.25 Å². The van der Waals surface area contributed by atoms with E-state index in [1.165, 1.54) is 17.0 Å². The van der Waals surface area contributed by atoms with Gasteiger partial charge >= 0.3 is 0 Å². The van der Waals surface area contributed by atoms with Gasteiger partial charge in [0, 0.05) is 23.2 Å². The van der Waals surface area contributed by atoms with Crippen LogP contribution in [0.25, 0.3) is 0 Å². The number of thioether (sulfide) groups is 1. The summed E-state index contributed by atoms with van der Waals surface area (Å²) in [7, 11) is 0. The van der Waals surface area contributed by atoms with Crippen LogP contribution in [0.1, 0.15) is 18.9 Å². The Morgan fingerprint density at radius 2 is 2.54 bits per heavy atom. The van der Waals surface area contributed by atoms with E-state index >= 15 is 0 Å². The molecule has 66 valence electrons. The molecule has 13 heavy (non-hydrogen) atoms. The predicted octanol–water partition coefficient (Wildman–Crippen LogP) is 2.11. The van der Waals surface area contributed by atoms with Gasteiger partial charge in [-0.1, -0.05) is 0 Å². The molecule has 1 aliphatic carbocycles. The van der Waals surface area contributed by atoms with Crippen LogP contribution in [0.2, 0.25) is 0 Å². The highest BCUT2D eigenvalue weighted by Crippen LogP contribution is 2.55. The lowest BCUT2D eigenvalue weighted by Crippen LogP contribution is -1.98. The maximum atomic E-state index is 4.70. The summed E-state index contributed by atoms with van der Waals surface area (Å²) < 4.78 is 0. The van der Waals surface area contributed by atoms with E-state index in [1.807, 2.05) is 24.0 Å². The zero-order valence-electron chi connectivity index (χ0n) is 7.40. The number of hydrogen-bond acceptors (Lipinski definition) is 3. The lowest BCUT2D eigenvalue weighted by atomic mass is 10.3.